The molecule has 0 amide bonds. The average Bonchev–Trinajstić information content (AvgIpc) is 2.44. The number of aromatic nitrogens is 2. The minimum absolute atomic E-state index is 0.0344. The topological polar surface area (TPSA) is 64.1 Å². The van der Waals surface area contributed by atoms with Crippen LogP contribution in [0.5, 0.6) is 0 Å². The van der Waals surface area contributed by atoms with Crippen LogP contribution in [0.15, 0.2) is 6.20 Å². The number of nitrogens with zero attached hydrogens (tertiary/aromatic N) is 2. The Morgan fingerprint density at radius 2 is 2.12 bits per heavy atom. The van der Waals surface area contributed by atoms with E-state index >= 15 is 0 Å². The van der Waals surface area contributed by atoms with Gasteiger partial charge in [0.25, 0.3) is 0 Å². The maximum absolute atomic E-state index is 12.7. The minimum atomic E-state index is -4.51. The second kappa shape index (κ2) is 3.21. The van der Waals surface area contributed by atoms with Gasteiger partial charge in [-0.25, -0.2) is 0 Å². The molecule has 0 aliphatic heterocycles. The van der Waals surface area contributed by atoms with Gasteiger partial charge in [0.15, 0.2) is 5.69 Å². The van der Waals surface area contributed by atoms with Crippen molar-refractivity contribution in [2.75, 3.05) is 0 Å². The molecule has 1 aliphatic carbocycles. The molecule has 4 nitrogen and oxygen atoms in total. The Kier molecular flexibility index (Phi) is 2.29. The van der Waals surface area contributed by atoms with Crippen LogP contribution in [-0.2, 0) is 18.8 Å². The first-order chi connectivity index (χ1) is 7.22. The van der Waals surface area contributed by atoms with Crippen LogP contribution in [0.2, 0.25) is 0 Å². The Balaban J connectivity index is 2.41. The summed E-state index contributed by atoms with van der Waals surface area (Å²) in [6.45, 7) is 0. The molecule has 16 heavy (non-hydrogen) atoms. The summed E-state index contributed by atoms with van der Waals surface area (Å²) in [5.41, 5.74) is 3.72. The first-order valence-electron chi connectivity index (χ1n) is 4.81. The lowest BCUT2D eigenvalue weighted by atomic mass is 9.70. The molecule has 0 aromatic carbocycles. The van der Waals surface area contributed by atoms with Crippen molar-refractivity contribution in [2.45, 2.75) is 30.7 Å². The highest BCUT2D eigenvalue weighted by Crippen LogP contribution is 2.44. The van der Waals surface area contributed by atoms with Gasteiger partial charge in [0.05, 0.1) is 6.10 Å². The van der Waals surface area contributed by atoms with Gasteiger partial charge in [0, 0.05) is 24.3 Å². The Morgan fingerprint density at radius 1 is 1.56 bits per heavy atom. The third-order valence-corrected chi connectivity index (χ3v) is 2.83. The van der Waals surface area contributed by atoms with E-state index in [9.17, 15) is 13.2 Å². The van der Waals surface area contributed by atoms with Gasteiger partial charge in [-0.3, -0.25) is 4.68 Å². The summed E-state index contributed by atoms with van der Waals surface area (Å²) in [5.74, 6) is 0. The van der Waals surface area contributed by atoms with Gasteiger partial charge in [-0.1, -0.05) is 0 Å². The Morgan fingerprint density at radius 3 is 2.56 bits per heavy atom. The molecule has 0 bridgehead atoms. The zero-order valence-corrected chi connectivity index (χ0v) is 8.62. The number of aliphatic hydroxyl groups is 1. The smallest absolute Gasteiger partial charge is 0.393 e. The summed E-state index contributed by atoms with van der Waals surface area (Å²) in [6, 6.07) is 0. The second-order valence-electron chi connectivity index (χ2n) is 4.28. The van der Waals surface area contributed by atoms with Crippen LogP contribution >= 0.6 is 0 Å². The molecule has 1 aromatic heterocycles. The number of hydrogen-bond acceptors (Lipinski definition) is 3. The summed E-state index contributed by atoms with van der Waals surface area (Å²) in [7, 11) is 1.41. The molecule has 0 unspecified atom stereocenters. The summed E-state index contributed by atoms with van der Waals surface area (Å²) in [5, 5.41) is 12.5. The maximum Gasteiger partial charge on any atom is 0.435 e. The van der Waals surface area contributed by atoms with Gasteiger partial charge in [0.2, 0.25) is 0 Å². The Bertz CT molecular complexity index is 407. The van der Waals surface area contributed by atoms with Crippen LogP contribution in [0.3, 0.4) is 0 Å². The van der Waals surface area contributed by atoms with Crippen LogP contribution in [0.25, 0.3) is 0 Å². The van der Waals surface area contributed by atoms with E-state index in [0.29, 0.717) is 0 Å². The molecule has 1 fully saturated rings. The molecule has 1 heterocycles. The van der Waals surface area contributed by atoms with E-state index < -0.39 is 23.5 Å². The Labute approximate surface area is 89.9 Å². The fraction of sp³-hybridized carbons (Fsp3) is 0.667. The van der Waals surface area contributed by atoms with Crippen molar-refractivity contribution in [3.05, 3.63) is 17.5 Å². The molecular formula is C9H12F3N3O. The molecule has 2 rings (SSSR count). The van der Waals surface area contributed by atoms with Crippen LogP contribution in [-0.4, -0.2) is 21.0 Å². The van der Waals surface area contributed by atoms with Crippen molar-refractivity contribution in [3.8, 4) is 0 Å². The largest absolute Gasteiger partial charge is 0.435 e. The summed E-state index contributed by atoms with van der Waals surface area (Å²) < 4.78 is 39.1. The number of aryl methyl sites for hydroxylation is 1. The van der Waals surface area contributed by atoms with Gasteiger partial charge in [-0.15, -0.1) is 0 Å². The van der Waals surface area contributed by atoms with E-state index in [1.54, 1.807) is 0 Å². The molecule has 0 radical (unpaired) electrons. The highest BCUT2D eigenvalue weighted by Gasteiger charge is 2.48. The van der Waals surface area contributed by atoms with Crippen LogP contribution in [0.4, 0.5) is 13.2 Å². The average molecular weight is 235 g/mol. The van der Waals surface area contributed by atoms with Gasteiger partial charge >= 0.3 is 6.18 Å². The monoisotopic (exact) mass is 235 g/mol. The van der Waals surface area contributed by atoms with Gasteiger partial charge in [-0.2, -0.15) is 18.3 Å². The standard InChI is InChI=1S/C9H12F3N3O/c1-15-4-6(7(14-15)9(10,11)12)8(13)2-5(16)3-8/h4-5,16H,2-3,13H2,1H3. The number of hydrogen-bond donors (Lipinski definition) is 2. The van der Waals surface area contributed by atoms with Crippen molar-refractivity contribution in [2.24, 2.45) is 12.8 Å². The molecule has 90 valence electrons. The van der Waals surface area contributed by atoms with Crippen molar-refractivity contribution in [3.63, 3.8) is 0 Å². The molecule has 1 aromatic rings. The van der Waals surface area contributed by atoms with Crippen LogP contribution in [0, 0.1) is 0 Å². The predicted molar refractivity (Wildman–Crippen MR) is 49.3 cm³/mol. The van der Waals surface area contributed by atoms with E-state index in [4.69, 9.17) is 10.8 Å². The number of nitrogens with two attached hydrogens (primary N) is 1. The zero-order valence-electron chi connectivity index (χ0n) is 8.62. The normalized spacial score (nSPS) is 30.2. The molecule has 0 spiro atoms. The first kappa shape index (κ1) is 11.4. The molecule has 0 saturated heterocycles. The molecule has 0 atom stereocenters. The third-order valence-electron chi connectivity index (χ3n) is 2.83. The molecule has 1 aliphatic rings. The van der Waals surface area contributed by atoms with E-state index in [2.05, 4.69) is 5.10 Å². The summed E-state index contributed by atoms with van der Waals surface area (Å²) in [4.78, 5) is 0. The molecule has 1 saturated carbocycles. The quantitative estimate of drug-likeness (QED) is 0.754. The lowest BCUT2D eigenvalue weighted by molar-refractivity contribution is -0.143. The summed E-state index contributed by atoms with van der Waals surface area (Å²) in [6.07, 6.45) is -3.58. The zero-order chi connectivity index (χ0) is 12.1. The number of aliphatic hydroxyl groups excluding tert-OH is 1. The lowest BCUT2D eigenvalue weighted by Gasteiger charge is -2.42. The molecule has 7 heteroatoms. The maximum atomic E-state index is 12.7. The molecular weight excluding hydrogens is 223 g/mol. The van der Waals surface area contributed by atoms with Crippen LogP contribution < -0.4 is 5.73 Å². The third kappa shape index (κ3) is 1.69. The predicted octanol–water partition coefficient (Wildman–Crippen LogP) is 0.748. The van der Waals surface area contributed by atoms with Crippen molar-refractivity contribution in [1.82, 2.24) is 9.78 Å². The minimum Gasteiger partial charge on any atom is -0.393 e. The highest BCUT2D eigenvalue weighted by atomic mass is 19.4. The van der Waals surface area contributed by atoms with Gasteiger partial charge in [-0.05, 0) is 12.8 Å². The fourth-order valence-electron chi connectivity index (χ4n) is 2.06. The van der Waals surface area contributed by atoms with E-state index in [1.807, 2.05) is 0 Å². The van der Waals surface area contributed by atoms with E-state index in [-0.39, 0.29) is 18.4 Å². The van der Waals surface area contributed by atoms with Crippen LogP contribution in [0.1, 0.15) is 24.1 Å². The van der Waals surface area contributed by atoms with E-state index in [1.165, 1.54) is 13.2 Å². The van der Waals surface area contributed by atoms with Gasteiger partial charge in [0.1, 0.15) is 0 Å². The van der Waals surface area contributed by atoms with Crippen molar-refractivity contribution < 1.29 is 18.3 Å². The van der Waals surface area contributed by atoms with Gasteiger partial charge < -0.3 is 10.8 Å². The number of alkyl halides is 3. The SMILES string of the molecule is Cn1cc(C2(N)CC(O)C2)c(C(F)(F)F)n1. The van der Waals surface area contributed by atoms with Crippen molar-refractivity contribution >= 4 is 0 Å². The Hall–Kier alpha value is -1.08. The van der Waals surface area contributed by atoms with E-state index in [0.717, 1.165) is 4.68 Å². The first-order valence-corrected chi connectivity index (χ1v) is 4.81. The second-order valence-corrected chi connectivity index (χ2v) is 4.28. The lowest BCUT2D eigenvalue weighted by Crippen LogP contribution is -2.52. The fourth-order valence-corrected chi connectivity index (χ4v) is 2.06. The number of halogens is 3. The molecule has 3 N–H and O–H groups in total. The highest BCUT2D eigenvalue weighted by molar-refractivity contribution is 5.31. The number of rotatable bonds is 1. The summed E-state index contributed by atoms with van der Waals surface area (Å²) >= 11 is 0. The van der Waals surface area contributed by atoms with Crippen molar-refractivity contribution in [1.29, 1.82) is 0 Å².